The Morgan fingerprint density at radius 2 is 2.26 bits per heavy atom. The van der Waals surface area contributed by atoms with E-state index in [1.807, 2.05) is 0 Å². The number of para-hydroxylation sites is 1. The van der Waals surface area contributed by atoms with E-state index in [9.17, 15) is 9.18 Å². The van der Waals surface area contributed by atoms with E-state index in [0.717, 1.165) is 12.2 Å². The minimum absolute atomic E-state index is 0.256. The third-order valence-corrected chi connectivity index (χ3v) is 4.45. The predicted octanol–water partition coefficient (Wildman–Crippen LogP) is 3.43. The largest absolute Gasteiger partial charge is 0.297 e. The van der Waals surface area contributed by atoms with Crippen LogP contribution in [0.4, 0.5) is 9.52 Å². The molecule has 0 radical (unpaired) electrons. The van der Waals surface area contributed by atoms with Gasteiger partial charge in [-0.25, -0.2) is 9.37 Å². The Labute approximate surface area is 135 Å². The Morgan fingerprint density at radius 3 is 3.09 bits per heavy atom. The Morgan fingerprint density at radius 1 is 1.39 bits per heavy atom. The number of nitrogens with one attached hydrogen (secondary N) is 1. The zero-order valence-electron chi connectivity index (χ0n) is 12.1. The van der Waals surface area contributed by atoms with Crippen LogP contribution < -0.4 is 5.32 Å². The molecule has 23 heavy (non-hydrogen) atoms. The number of benzene rings is 1. The normalized spacial score (nSPS) is 14.1. The van der Waals surface area contributed by atoms with Crippen LogP contribution in [0.2, 0.25) is 0 Å². The van der Waals surface area contributed by atoms with Crippen LogP contribution in [-0.2, 0) is 6.42 Å². The molecule has 0 bridgehead atoms. The number of nitrogens with zero attached hydrogens (tertiary/aromatic N) is 3. The molecule has 1 aliphatic rings. The third kappa shape index (κ3) is 3.05. The van der Waals surface area contributed by atoms with Crippen LogP contribution in [0.1, 0.15) is 29.0 Å². The summed E-state index contributed by atoms with van der Waals surface area (Å²) in [5, 5.41) is 3.79. The number of hydrogen-bond donors (Lipinski definition) is 1. The van der Waals surface area contributed by atoms with Gasteiger partial charge in [-0.15, -0.1) is 0 Å². The summed E-state index contributed by atoms with van der Waals surface area (Å²) >= 11 is 1.17. The fraction of sp³-hybridized carbons (Fsp3) is 0.250. The number of hydrogen-bond acceptors (Lipinski definition) is 5. The number of anilines is 1. The lowest BCUT2D eigenvalue weighted by Crippen LogP contribution is -2.12. The highest BCUT2D eigenvalue weighted by atomic mass is 32.1. The number of halogens is 1. The summed E-state index contributed by atoms with van der Waals surface area (Å²) in [6, 6.07) is 6.28. The van der Waals surface area contributed by atoms with Gasteiger partial charge < -0.3 is 0 Å². The van der Waals surface area contributed by atoms with Crippen molar-refractivity contribution in [2.24, 2.45) is 5.92 Å². The monoisotopic (exact) mass is 328 g/mol. The number of pyridine rings is 1. The molecule has 1 saturated carbocycles. The zero-order valence-corrected chi connectivity index (χ0v) is 12.9. The molecule has 2 aromatic heterocycles. The summed E-state index contributed by atoms with van der Waals surface area (Å²) in [6.45, 7) is 0. The summed E-state index contributed by atoms with van der Waals surface area (Å²) in [6.07, 6.45) is 4.72. The van der Waals surface area contributed by atoms with E-state index in [-0.39, 0.29) is 11.4 Å². The Balaban J connectivity index is 1.53. The summed E-state index contributed by atoms with van der Waals surface area (Å²) in [5.74, 6) is 0.764. The molecule has 1 amide bonds. The van der Waals surface area contributed by atoms with Gasteiger partial charge in [0.2, 0.25) is 5.13 Å². The summed E-state index contributed by atoms with van der Waals surface area (Å²) < 4.78 is 17.9. The van der Waals surface area contributed by atoms with Gasteiger partial charge in [-0.05, 0) is 30.9 Å². The molecular weight excluding hydrogens is 315 g/mol. The third-order valence-electron chi connectivity index (χ3n) is 3.78. The molecular formula is C16H13FN4OS. The van der Waals surface area contributed by atoms with Gasteiger partial charge >= 0.3 is 0 Å². The highest BCUT2D eigenvalue weighted by Gasteiger charge is 2.23. The molecule has 1 aliphatic carbocycles. The second kappa shape index (κ2) is 5.66. The molecule has 3 aromatic rings. The van der Waals surface area contributed by atoms with Gasteiger partial charge in [0.15, 0.2) is 0 Å². The van der Waals surface area contributed by atoms with E-state index in [2.05, 4.69) is 19.7 Å². The van der Waals surface area contributed by atoms with E-state index in [1.54, 1.807) is 18.2 Å². The van der Waals surface area contributed by atoms with Crippen LogP contribution in [0, 0.1) is 11.7 Å². The van der Waals surface area contributed by atoms with Gasteiger partial charge in [-0.3, -0.25) is 15.1 Å². The predicted molar refractivity (Wildman–Crippen MR) is 86.0 cm³/mol. The maximum atomic E-state index is 13.6. The maximum absolute atomic E-state index is 13.6. The summed E-state index contributed by atoms with van der Waals surface area (Å²) in [4.78, 5) is 20.6. The van der Waals surface area contributed by atoms with Crippen LogP contribution >= 0.6 is 11.5 Å². The second-order valence-electron chi connectivity index (χ2n) is 5.65. The van der Waals surface area contributed by atoms with Crippen molar-refractivity contribution in [1.29, 1.82) is 0 Å². The molecule has 0 aliphatic heterocycles. The lowest BCUT2D eigenvalue weighted by atomic mass is 10.1. The van der Waals surface area contributed by atoms with E-state index in [1.165, 1.54) is 36.6 Å². The van der Waals surface area contributed by atoms with Crippen LogP contribution in [0.5, 0.6) is 0 Å². The number of carbonyl (C=O) groups excluding carboxylic acids is 1. The molecule has 0 atom stereocenters. The van der Waals surface area contributed by atoms with Gasteiger partial charge in [0.25, 0.3) is 5.91 Å². The van der Waals surface area contributed by atoms with Crippen LogP contribution in [0.15, 0.2) is 30.5 Å². The first-order valence-electron chi connectivity index (χ1n) is 7.37. The van der Waals surface area contributed by atoms with Crippen molar-refractivity contribution in [2.75, 3.05) is 5.32 Å². The first-order chi connectivity index (χ1) is 11.2. The SMILES string of the molecule is O=C(Nc1nc(CC2CC2)ns1)c1cnc2c(F)cccc2c1. The smallest absolute Gasteiger partial charge is 0.259 e. The molecule has 7 heteroatoms. The standard InChI is InChI=1S/C16H13FN4OS/c17-12-3-1-2-10-7-11(8-18-14(10)12)15(22)20-16-19-13(21-23-16)6-9-4-5-9/h1-3,7-9H,4-6H2,(H,19,20,21,22). The minimum Gasteiger partial charge on any atom is -0.297 e. The molecule has 0 spiro atoms. The first-order valence-corrected chi connectivity index (χ1v) is 8.14. The molecule has 1 fully saturated rings. The topological polar surface area (TPSA) is 67.8 Å². The van der Waals surface area contributed by atoms with Crippen LogP contribution in [-0.4, -0.2) is 20.2 Å². The fourth-order valence-corrected chi connectivity index (χ4v) is 2.98. The van der Waals surface area contributed by atoms with Crippen LogP contribution in [0.25, 0.3) is 10.9 Å². The fourth-order valence-electron chi connectivity index (χ4n) is 2.38. The van der Waals surface area contributed by atoms with Gasteiger partial charge in [0, 0.05) is 29.5 Å². The Hall–Kier alpha value is -2.41. The average molecular weight is 328 g/mol. The Bertz CT molecular complexity index is 891. The number of fused-ring (bicyclic) bond motifs is 1. The van der Waals surface area contributed by atoms with Gasteiger partial charge in [-0.1, -0.05) is 12.1 Å². The summed E-state index contributed by atoms with van der Waals surface area (Å²) in [7, 11) is 0. The molecule has 4 rings (SSSR count). The first kappa shape index (κ1) is 14.2. The number of amides is 1. The maximum Gasteiger partial charge on any atom is 0.259 e. The molecule has 1 N–H and O–H groups in total. The Kier molecular flexibility index (Phi) is 3.49. The minimum atomic E-state index is -0.400. The molecule has 116 valence electrons. The number of carbonyl (C=O) groups is 1. The highest BCUT2D eigenvalue weighted by Crippen LogP contribution is 2.32. The van der Waals surface area contributed by atoms with Crippen molar-refractivity contribution in [1.82, 2.24) is 14.3 Å². The summed E-state index contributed by atoms with van der Waals surface area (Å²) in [5.41, 5.74) is 0.619. The van der Waals surface area contributed by atoms with E-state index >= 15 is 0 Å². The van der Waals surface area contributed by atoms with Crippen LogP contribution in [0.3, 0.4) is 0 Å². The lowest BCUT2D eigenvalue weighted by Gasteiger charge is -2.03. The van der Waals surface area contributed by atoms with Crippen molar-refractivity contribution in [3.63, 3.8) is 0 Å². The molecule has 5 nitrogen and oxygen atoms in total. The highest BCUT2D eigenvalue weighted by molar-refractivity contribution is 7.09. The van der Waals surface area contributed by atoms with Gasteiger partial charge in [0.05, 0.1) is 5.56 Å². The molecule has 0 unspecified atom stereocenters. The van der Waals surface area contributed by atoms with Crippen molar-refractivity contribution >= 4 is 33.5 Å². The molecule has 1 aromatic carbocycles. The number of aromatic nitrogens is 3. The van der Waals surface area contributed by atoms with Crippen molar-refractivity contribution in [2.45, 2.75) is 19.3 Å². The van der Waals surface area contributed by atoms with E-state index < -0.39 is 5.82 Å². The number of rotatable bonds is 4. The lowest BCUT2D eigenvalue weighted by molar-refractivity contribution is 0.102. The van der Waals surface area contributed by atoms with Gasteiger partial charge in [-0.2, -0.15) is 4.37 Å². The second-order valence-corrected chi connectivity index (χ2v) is 6.40. The van der Waals surface area contributed by atoms with E-state index in [0.29, 0.717) is 22.0 Å². The average Bonchev–Trinajstić information content (AvgIpc) is 3.25. The van der Waals surface area contributed by atoms with Crippen molar-refractivity contribution in [3.05, 3.63) is 47.7 Å². The van der Waals surface area contributed by atoms with Gasteiger partial charge in [0.1, 0.15) is 17.2 Å². The molecule has 0 saturated heterocycles. The van der Waals surface area contributed by atoms with Crippen molar-refractivity contribution < 1.29 is 9.18 Å². The quantitative estimate of drug-likeness (QED) is 0.797. The van der Waals surface area contributed by atoms with E-state index in [4.69, 9.17) is 0 Å². The van der Waals surface area contributed by atoms with Crippen molar-refractivity contribution in [3.8, 4) is 0 Å². The molecule has 2 heterocycles. The zero-order chi connectivity index (χ0) is 15.8.